The third-order valence-corrected chi connectivity index (χ3v) is 5.23. The predicted molar refractivity (Wildman–Crippen MR) is 96.6 cm³/mol. The number of hydrogen-bond acceptors (Lipinski definition) is 6. The molecule has 0 N–H and O–H groups in total. The molecule has 2 atom stereocenters. The second-order valence-corrected chi connectivity index (χ2v) is 7.04. The van der Waals surface area contributed by atoms with Crippen LogP contribution < -0.4 is 9.64 Å². The zero-order chi connectivity index (χ0) is 18.3. The molecule has 2 aromatic heterocycles. The molecular weight excluding hydrogens is 332 g/mol. The number of rotatable bonds is 6. The number of anilines is 1. The minimum atomic E-state index is -0.423. The van der Waals surface area contributed by atoms with Gasteiger partial charge >= 0.3 is 5.97 Å². The van der Waals surface area contributed by atoms with Gasteiger partial charge in [0.2, 0.25) is 5.88 Å². The van der Waals surface area contributed by atoms with Gasteiger partial charge in [0.05, 0.1) is 20.3 Å². The van der Waals surface area contributed by atoms with Crippen molar-refractivity contribution in [3.8, 4) is 5.88 Å². The fourth-order valence-corrected chi connectivity index (χ4v) is 3.66. The van der Waals surface area contributed by atoms with Crippen molar-refractivity contribution in [3.05, 3.63) is 35.2 Å². The van der Waals surface area contributed by atoms with E-state index >= 15 is 0 Å². The monoisotopic (exact) mass is 356 g/mol. The molecule has 2 aliphatic rings. The molecule has 4 rings (SSSR count). The molecule has 7 nitrogen and oxygen atoms in total. The van der Waals surface area contributed by atoms with Gasteiger partial charge in [-0.25, -0.2) is 9.78 Å². The zero-order valence-corrected chi connectivity index (χ0v) is 15.4. The summed E-state index contributed by atoms with van der Waals surface area (Å²) >= 11 is 0. The summed E-state index contributed by atoms with van der Waals surface area (Å²) in [4.78, 5) is 19.2. The Bertz CT molecular complexity index is 822. The number of fused-ring (bicyclic) bond motifs is 1. The van der Waals surface area contributed by atoms with Gasteiger partial charge in [-0.1, -0.05) is 6.07 Å². The Balaban J connectivity index is 1.51. The van der Waals surface area contributed by atoms with Crippen LogP contribution >= 0.6 is 0 Å². The van der Waals surface area contributed by atoms with E-state index < -0.39 is 5.97 Å². The van der Waals surface area contributed by atoms with Crippen LogP contribution in [0.25, 0.3) is 0 Å². The van der Waals surface area contributed by atoms with Gasteiger partial charge in [0, 0.05) is 25.0 Å². The smallest absolute Gasteiger partial charge is 0.345 e. The largest absolute Gasteiger partial charge is 0.479 e. The number of methoxy groups -OCH3 is 1. The summed E-state index contributed by atoms with van der Waals surface area (Å²) in [6.07, 6.45) is 3.05. The van der Waals surface area contributed by atoms with Crippen molar-refractivity contribution >= 4 is 11.8 Å². The fourth-order valence-electron chi connectivity index (χ4n) is 3.66. The summed E-state index contributed by atoms with van der Waals surface area (Å²) in [7, 11) is 1.50. The molecule has 3 heterocycles. The Hall–Kier alpha value is -2.57. The number of esters is 1. The van der Waals surface area contributed by atoms with Gasteiger partial charge in [0.15, 0.2) is 0 Å². The van der Waals surface area contributed by atoms with E-state index in [-0.39, 0.29) is 5.88 Å². The van der Waals surface area contributed by atoms with Crippen molar-refractivity contribution in [2.45, 2.75) is 26.8 Å². The lowest BCUT2D eigenvalue weighted by Crippen LogP contribution is -2.23. The maximum atomic E-state index is 12.0. The average Bonchev–Trinajstić information content (AvgIpc) is 3.05. The minimum Gasteiger partial charge on any atom is -0.479 e. The molecule has 0 bridgehead atoms. The van der Waals surface area contributed by atoms with Gasteiger partial charge in [-0.05, 0) is 43.7 Å². The van der Waals surface area contributed by atoms with E-state index in [1.807, 2.05) is 6.92 Å². The first kappa shape index (κ1) is 16.9. The fraction of sp³-hybridized carbons (Fsp3) is 0.526. The zero-order valence-electron chi connectivity index (χ0n) is 15.4. The number of hydrogen-bond donors (Lipinski definition) is 0. The minimum absolute atomic E-state index is 0.280. The van der Waals surface area contributed by atoms with Crippen LogP contribution in [-0.2, 0) is 11.3 Å². The van der Waals surface area contributed by atoms with Crippen molar-refractivity contribution in [2.75, 3.05) is 31.7 Å². The summed E-state index contributed by atoms with van der Waals surface area (Å²) in [5.74, 6) is 2.68. The van der Waals surface area contributed by atoms with Crippen molar-refractivity contribution < 1.29 is 14.3 Å². The van der Waals surface area contributed by atoms with Crippen LogP contribution in [0, 0.1) is 18.8 Å². The van der Waals surface area contributed by atoms with Gasteiger partial charge in [0.25, 0.3) is 0 Å². The molecule has 0 amide bonds. The summed E-state index contributed by atoms with van der Waals surface area (Å²) in [6, 6.07) is 4.18. The highest BCUT2D eigenvalue weighted by Gasteiger charge is 2.45. The van der Waals surface area contributed by atoms with Gasteiger partial charge in [-0.3, -0.25) is 4.68 Å². The molecular formula is C19H24N4O3. The van der Waals surface area contributed by atoms with Crippen LogP contribution in [-0.4, -0.2) is 47.5 Å². The van der Waals surface area contributed by atoms with E-state index in [4.69, 9.17) is 14.5 Å². The molecule has 1 aliphatic heterocycles. The molecule has 0 radical (unpaired) electrons. The Morgan fingerprint density at radius 2 is 2.08 bits per heavy atom. The summed E-state index contributed by atoms with van der Waals surface area (Å²) in [6.45, 7) is 6.90. The van der Waals surface area contributed by atoms with Gasteiger partial charge in [0.1, 0.15) is 11.4 Å². The lowest BCUT2D eigenvalue weighted by Gasteiger charge is -2.20. The van der Waals surface area contributed by atoms with E-state index in [9.17, 15) is 4.79 Å². The number of pyridine rings is 1. The highest BCUT2D eigenvalue weighted by molar-refractivity contribution is 5.91. The van der Waals surface area contributed by atoms with Crippen LogP contribution in [0.5, 0.6) is 5.88 Å². The first-order valence-corrected chi connectivity index (χ1v) is 9.09. The van der Waals surface area contributed by atoms with E-state index in [1.165, 1.54) is 13.5 Å². The van der Waals surface area contributed by atoms with E-state index in [0.29, 0.717) is 18.7 Å². The standard InChI is InChI=1S/C19H24N4O3/c1-4-26-19(24)16-11-23(21-18(16)25-3)10-13-5-6-17(20-12(13)2)22-8-14-7-15(14)9-22/h5-6,11,14-15H,4,7-10H2,1-3H3. The number of piperidine rings is 1. The van der Waals surface area contributed by atoms with Gasteiger partial charge in [-0.15, -0.1) is 5.10 Å². The normalized spacial score (nSPS) is 20.8. The lowest BCUT2D eigenvalue weighted by molar-refractivity contribution is 0.0522. The van der Waals surface area contributed by atoms with Crippen LogP contribution in [0.3, 0.4) is 0 Å². The third kappa shape index (κ3) is 3.13. The molecule has 1 saturated heterocycles. The van der Waals surface area contributed by atoms with Crippen LogP contribution in [0.2, 0.25) is 0 Å². The number of aromatic nitrogens is 3. The number of nitrogens with zero attached hydrogens (tertiary/aromatic N) is 4. The first-order valence-electron chi connectivity index (χ1n) is 9.09. The molecule has 138 valence electrons. The molecule has 1 aliphatic carbocycles. The van der Waals surface area contributed by atoms with Gasteiger partial charge < -0.3 is 14.4 Å². The van der Waals surface area contributed by atoms with Crippen molar-refractivity contribution in [1.29, 1.82) is 0 Å². The van der Waals surface area contributed by atoms with E-state index in [2.05, 4.69) is 22.1 Å². The molecule has 0 spiro atoms. The average molecular weight is 356 g/mol. The van der Waals surface area contributed by atoms with Crippen LogP contribution in [0.1, 0.15) is 35.0 Å². The Labute approximate surface area is 152 Å². The molecule has 2 fully saturated rings. The SMILES string of the molecule is CCOC(=O)c1cn(Cc2ccc(N3CC4CC4C3)nc2C)nc1OC. The molecule has 1 saturated carbocycles. The first-order chi connectivity index (χ1) is 12.6. The molecule has 2 aromatic rings. The maximum absolute atomic E-state index is 12.0. The highest BCUT2D eigenvalue weighted by Crippen LogP contribution is 2.45. The molecule has 0 aromatic carbocycles. The second-order valence-electron chi connectivity index (χ2n) is 7.04. The lowest BCUT2D eigenvalue weighted by atomic mass is 10.2. The summed E-state index contributed by atoms with van der Waals surface area (Å²) in [5.41, 5.74) is 2.39. The second kappa shape index (κ2) is 6.63. The summed E-state index contributed by atoms with van der Waals surface area (Å²) in [5, 5.41) is 4.34. The van der Waals surface area contributed by atoms with Crippen molar-refractivity contribution in [2.24, 2.45) is 11.8 Å². The maximum Gasteiger partial charge on any atom is 0.345 e. The quantitative estimate of drug-likeness (QED) is 0.740. The van der Waals surface area contributed by atoms with E-state index in [1.54, 1.807) is 17.8 Å². The predicted octanol–water partition coefficient (Wildman–Crippen LogP) is 2.28. The van der Waals surface area contributed by atoms with Crippen LogP contribution in [0.15, 0.2) is 18.3 Å². The number of carbonyl (C=O) groups excluding carboxylic acids is 1. The Morgan fingerprint density at radius 1 is 1.31 bits per heavy atom. The van der Waals surface area contributed by atoms with Crippen molar-refractivity contribution in [3.63, 3.8) is 0 Å². The van der Waals surface area contributed by atoms with E-state index in [0.717, 1.165) is 42.0 Å². The molecule has 26 heavy (non-hydrogen) atoms. The number of carbonyl (C=O) groups is 1. The Kier molecular flexibility index (Phi) is 4.30. The Morgan fingerprint density at radius 3 is 2.73 bits per heavy atom. The highest BCUT2D eigenvalue weighted by atomic mass is 16.5. The number of aryl methyl sites for hydroxylation is 1. The van der Waals surface area contributed by atoms with Gasteiger partial charge in [-0.2, -0.15) is 0 Å². The molecule has 7 heteroatoms. The van der Waals surface area contributed by atoms with Crippen molar-refractivity contribution in [1.82, 2.24) is 14.8 Å². The molecule has 2 unspecified atom stereocenters. The number of ether oxygens (including phenoxy) is 2. The third-order valence-electron chi connectivity index (χ3n) is 5.23. The topological polar surface area (TPSA) is 69.5 Å². The van der Waals surface area contributed by atoms with Crippen LogP contribution in [0.4, 0.5) is 5.82 Å². The summed E-state index contributed by atoms with van der Waals surface area (Å²) < 4.78 is 12.0.